The lowest BCUT2D eigenvalue weighted by Gasteiger charge is -2.20. The van der Waals surface area contributed by atoms with Crippen LogP contribution in [0.25, 0.3) is 11.1 Å². The Morgan fingerprint density at radius 3 is 2.12 bits per heavy atom. The predicted octanol–water partition coefficient (Wildman–Crippen LogP) is 2.57. The third kappa shape index (κ3) is 4.78. The van der Waals surface area contributed by atoms with Crippen molar-refractivity contribution >= 4 is 13.3 Å². The van der Waals surface area contributed by atoms with E-state index < -0.39 is 25.0 Å². The van der Waals surface area contributed by atoms with Crippen LogP contribution >= 0.6 is 7.37 Å². The Bertz CT molecular complexity index is 730. The smallest absolute Gasteiger partial charge is 0.221 e. The zero-order valence-corrected chi connectivity index (χ0v) is 14.5. The standard InChI is InChI=1S/C18H23N2O3P/c1-13(19)24(22,23)12-17(18(20)21)11-14-7-9-16(10-8-14)15-5-3-2-4-6-15/h2-10,13,17H,11-12,19H2,1H3,(H2,20,21)(H,22,23)/t13-,17-/m1/s1. The van der Waals surface area contributed by atoms with E-state index >= 15 is 0 Å². The van der Waals surface area contributed by atoms with Gasteiger partial charge in [-0.05, 0) is 30.0 Å². The van der Waals surface area contributed by atoms with Crippen LogP contribution in [0.3, 0.4) is 0 Å². The highest BCUT2D eigenvalue weighted by atomic mass is 31.2. The fourth-order valence-corrected chi connectivity index (χ4v) is 3.76. The number of carbonyl (C=O) groups is 1. The Labute approximate surface area is 142 Å². The monoisotopic (exact) mass is 346 g/mol. The zero-order chi connectivity index (χ0) is 17.7. The lowest BCUT2D eigenvalue weighted by atomic mass is 9.98. The van der Waals surface area contributed by atoms with E-state index in [9.17, 15) is 14.3 Å². The Morgan fingerprint density at radius 2 is 1.62 bits per heavy atom. The van der Waals surface area contributed by atoms with Gasteiger partial charge in [0.1, 0.15) is 0 Å². The summed E-state index contributed by atoms with van der Waals surface area (Å²) in [5, 5.41) is 0. The van der Waals surface area contributed by atoms with Crippen molar-refractivity contribution in [3.05, 3.63) is 60.2 Å². The topological polar surface area (TPSA) is 106 Å². The largest absolute Gasteiger partial charge is 0.369 e. The maximum Gasteiger partial charge on any atom is 0.221 e. The molecule has 128 valence electrons. The number of hydrogen-bond acceptors (Lipinski definition) is 3. The van der Waals surface area contributed by atoms with Gasteiger partial charge in [0.15, 0.2) is 0 Å². The van der Waals surface area contributed by atoms with Crippen molar-refractivity contribution in [3.63, 3.8) is 0 Å². The summed E-state index contributed by atoms with van der Waals surface area (Å²) in [6.07, 6.45) is 0.127. The second kappa shape index (κ2) is 7.75. The van der Waals surface area contributed by atoms with Crippen LogP contribution in [0.1, 0.15) is 12.5 Å². The van der Waals surface area contributed by atoms with E-state index in [-0.39, 0.29) is 6.16 Å². The van der Waals surface area contributed by atoms with Crippen LogP contribution in [0.5, 0.6) is 0 Å². The molecule has 2 rings (SSSR count). The first-order chi connectivity index (χ1) is 11.3. The summed E-state index contributed by atoms with van der Waals surface area (Å²) >= 11 is 0. The Kier molecular flexibility index (Phi) is 5.94. The van der Waals surface area contributed by atoms with Crippen molar-refractivity contribution < 1.29 is 14.3 Å². The second-order valence-corrected chi connectivity index (χ2v) is 8.74. The van der Waals surface area contributed by atoms with Crippen LogP contribution in [0, 0.1) is 5.92 Å². The van der Waals surface area contributed by atoms with Crippen molar-refractivity contribution in [2.75, 3.05) is 6.16 Å². The van der Waals surface area contributed by atoms with Crippen molar-refractivity contribution in [1.29, 1.82) is 0 Å². The normalized spacial score (nSPS) is 16.1. The van der Waals surface area contributed by atoms with Gasteiger partial charge >= 0.3 is 0 Å². The minimum absolute atomic E-state index is 0.194. The van der Waals surface area contributed by atoms with Gasteiger partial charge in [0.05, 0.1) is 11.7 Å². The molecule has 0 saturated heterocycles. The summed E-state index contributed by atoms with van der Waals surface area (Å²) in [6, 6.07) is 17.7. The molecule has 5 N–H and O–H groups in total. The highest BCUT2D eigenvalue weighted by Gasteiger charge is 2.31. The molecule has 1 amide bonds. The van der Waals surface area contributed by atoms with Gasteiger partial charge in [-0.25, -0.2) is 0 Å². The molecule has 6 heteroatoms. The molecule has 0 fully saturated rings. The highest BCUT2D eigenvalue weighted by molar-refractivity contribution is 7.58. The number of nitrogens with two attached hydrogens (primary N) is 2. The van der Waals surface area contributed by atoms with E-state index in [1.165, 1.54) is 6.92 Å². The van der Waals surface area contributed by atoms with Gasteiger partial charge < -0.3 is 16.4 Å². The molecule has 2 aromatic rings. The minimum atomic E-state index is -3.59. The number of primary amides is 1. The molecule has 0 bridgehead atoms. The lowest BCUT2D eigenvalue weighted by molar-refractivity contribution is -0.121. The third-order valence-electron chi connectivity index (χ3n) is 4.06. The maximum absolute atomic E-state index is 12.1. The molecule has 0 spiro atoms. The summed E-state index contributed by atoms with van der Waals surface area (Å²) < 4.78 is 12.1. The molecule has 5 nitrogen and oxygen atoms in total. The van der Waals surface area contributed by atoms with Gasteiger partial charge in [-0.15, -0.1) is 0 Å². The number of benzene rings is 2. The van der Waals surface area contributed by atoms with Crippen molar-refractivity contribution in [1.82, 2.24) is 0 Å². The van der Waals surface area contributed by atoms with Crippen molar-refractivity contribution in [2.24, 2.45) is 17.4 Å². The first-order valence-corrected chi connectivity index (χ1v) is 9.72. The molecule has 2 aromatic carbocycles. The summed E-state index contributed by atoms with van der Waals surface area (Å²) in [4.78, 5) is 21.5. The predicted molar refractivity (Wildman–Crippen MR) is 96.6 cm³/mol. The molecule has 3 atom stereocenters. The molecule has 0 heterocycles. The van der Waals surface area contributed by atoms with Crippen molar-refractivity contribution in [2.45, 2.75) is 19.1 Å². The fraction of sp³-hybridized carbons (Fsp3) is 0.278. The maximum atomic E-state index is 12.1. The average Bonchev–Trinajstić information content (AvgIpc) is 2.55. The van der Waals surface area contributed by atoms with E-state index in [1.807, 2.05) is 54.6 Å². The molecule has 0 aliphatic carbocycles. The molecule has 0 aliphatic rings. The van der Waals surface area contributed by atoms with Crippen LogP contribution < -0.4 is 11.5 Å². The quantitative estimate of drug-likeness (QED) is 0.670. The van der Waals surface area contributed by atoms with E-state index in [2.05, 4.69) is 0 Å². The summed E-state index contributed by atoms with van der Waals surface area (Å²) in [5.41, 5.74) is 14.0. The van der Waals surface area contributed by atoms with Gasteiger partial charge in [0.25, 0.3) is 0 Å². The number of carbonyl (C=O) groups excluding carboxylic acids is 1. The second-order valence-electron chi connectivity index (χ2n) is 6.05. The van der Waals surface area contributed by atoms with Crippen molar-refractivity contribution in [3.8, 4) is 11.1 Å². The highest BCUT2D eigenvalue weighted by Crippen LogP contribution is 2.45. The number of amides is 1. The van der Waals surface area contributed by atoms with Crippen LogP contribution in [0.2, 0.25) is 0 Å². The summed E-state index contributed by atoms with van der Waals surface area (Å²) in [5.74, 6) is -2.17. The minimum Gasteiger partial charge on any atom is -0.369 e. The molecule has 0 radical (unpaired) electrons. The third-order valence-corrected chi connectivity index (χ3v) is 6.30. The van der Waals surface area contributed by atoms with Crippen LogP contribution in [-0.4, -0.2) is 22.7 Å². The van der Waals surface area contributed by atoms with Crippen LogP contribution in [0.15, 0.2) is 54.6 Å². The zero-order valence-electron chi connectivity index (χ0n) is 13.6. The molecule has 0 saturated carbocycles. The summed E-state index contributed by atoms with van der Waals surface area (Å²) in [6.45, 7) is 1.47. The average molecular weight is 346 g/mol. The Hall–Kier alpha value is -1.94. The van der Waals surface area contributed by atoms with Crippen LogP contribution in [0.4, 0.5) is 0 Å². The van der Waals surface area contributed by atoms with E-state index in [4.69, 9.17) is 11.5 Å². The molecular formula is C18H23N2O3P. The van der Waals surface area contributed by atoms with Gasteiger partial charge in [0, 0.05) is 6.16 Å². The SMILES string of the molecule is C[C@H](N)P(=O)(O)C[C@@H](Cc1ccc(-c2ccccc2)cc1)C(N)=O. The Morgan fingerprint density at radius 1 is 1.08 bits per heavy atom. The van der Waals surface area contributed by atoms with Gasteiger partial charge in [-0.2, -0.15) is 0 Å². The van der Waals surface area contributed by atoms with Gasteiger partial charge in [-0.3, -0.25) is 9.36 Å². The number of hydrogen-bond donors (Lipinski definition) is 3. The van der Waals surface area contributed by atoms with Gasteiger partial charge in [0.2, 0.25) is 13.3 Å². The molecule has 1 unspecified atom stereocenters. The molecule has 0 aliphatic heterocycles. The first-order valence-electron chi connectivity index (χ1n) is 7.80. The van der Waals surface area contributed by atoms with E-state index in [0.717, 1.165) is 16.7 Å². The summed E-state index contributed by atoms with van der Waals surface area (Å²) in [7, 11) is -3.59. The van der Waals surface area contributed by atoms with E-state index in [0.29, 0.717) is 6.42 Å². The van der Waals surface area contributed by atoms with E-state index in [1.54, 1.807) is 0 Å². The molecule has 0 aromatic heterocycles. The first kappa shape index (κ1) is 18.4. The molecule has 24 heavy (non-hydrogen) atoms. The van der Waals surface area contributed by atoms with Crippen LogP contribution in [-0.2, 0) is 15.8 Å². The lowest BCUT2D eigenvalue weighted by Crippen LogP contribution is -2.30. The van der Waals surface area contributed by atoms with Gasteiger partial charge in [-0.1, -0.05) is 54.6 Å². The fourth-order valence-electron chi connectivity index (χ4n) is 2.49. The Balaban J connectivity index is 2.13. The molecular weight excluding hydrogens is 323 g/mol. The number of rotatable bonds is 7.